The van der Waals surface area contributed by atoms with Gasteiger partial charge in [-0.25, -0.2) is 4.79 Å². The summed E-state index contributed by atoms with van der Waals surface area (Å²) in [5.74, 6) is -1.69. The van der Waals surface area contributed by atoms with Crippen LogP contribution in [-0.4, -0.2) is 36.2 Å². The molecule has 0 spiro atoms. The number of carboxylic acid groups (broad SMARTS) is 1. The van der Waals surface area contributed by atoms with Crippen molar-refractivity contribution in [3.05, 3.63) is 34.9 Å². The molecule has 0 aromatic heterocycles. The number of benzene rings is 1. The molecule has 5 nitrogen and oxygen atoms in total. The average molecular weight is 298 g/mol. The summed E-state index contributed by atoms with van der Waals surface area (Å²) in [6.07, 6.45) is 1.54. The van der Waals surface area contributed by atoms with Gasteiger partial charge in [-0.15, -0.1) is 0 Å². The summed E-state index contributed by atoms with van der Waals surface area (Å²) in [4.78, 5) is 23.4. The quantitative estimate of drug-likeness (QED) is 0.890. The number of hydrogen-bond acceptors (Lipinski definition) is 3. The van der Waals surface area contributed by atoms with E-state index in [0.29, 0.717) is 23.8 Å². The van der Waals surface area contributed by atoms with Crippen molar-refractivity contribution in [1.82, 2.24) is 5.32 Å². The van der Waals surface area contributed by atoms with E-state index >= 15 is 0 Å². The number of carbonyl (C=O) groups excluding carboxylic acids is 1. The highest BCUT2D eigenvalue weighted by molar-refractivity contribution is 6.30. The van der Waals surface area contributed by atoms with E-state index in [9.17, 15) is 14.7 Å². The first kappa shape index (κ1) is 14.8. The molecular formula is C14H16ClNO4. The first-order chi connectivity index (χ1) is 9.58. The van der Waals surface area contributed by atoms with Gasteiger partial charge in [0.25, 0.3) is 5.91 Å². The van der Waals surface area contributed by atoms with Crippen molar-refractivity contribution in [2.45, 2.75) is 18.9 Å². The van der Waals surface area contributed by atoms with Crippen LogP contribution < -0.4 is 5.32 Å². The Morgan fingerprint density at radius 3 is 2.85 bits per heavy atom. The average Bonchev–Trinajstić information content (AvgIpc) is 2.45. The van der Waals surface area contributed by atoms with Gasteiger partial charge in [-0.1, -0.05) is 17.7 Å². The molecule has 2 atom stereocenters. The predicted octanol–water partition coefficient (Wildman–Crippen LogP) is 1.95. The Kier molecular flexibility index (Phi) is 4.98. The van der Waals surface area contributed by atoms with Crippen LogP contribution in [0.3, 0.4) is 0 Å². The summed E-state index contributed by atoms with van der Waals surface area (Å²) in [5.41, 5.74) is 0.348. The van der Waals surface area contributed by atoms with Crippen LogP contribution in [-0.2, 0) is 9.53 Å². The van der Waals surface area contributed by atoms with Gasteiger partial charge in [0, 0.05) is 23.1 Å². The van der Waals surface area contributed by atoms with Gasteiger partial charge in [-0.2, -0.15) is 0 Å². The number of aliphatic carboxylic acids is 1. The Morgan fingerprint density at radius 2 is 2.25 bits per heavy atom. The highest BCUT2D eigenvalue weighted by Crippen LogP contribution is 2.18. The molecule has 0 saturated carbocycles. The molecule has 0 aliphatic carbocycles. The molecule has 1 amide bonds. The number of halogens is 1. The van der Waals surface area contributed by atoms with Crippen LogP contribution in [0.5, 0.6) is 0 Å². The summed E-state index contributed by atoms with van der Waals surface area (Å²) in [7, 11) is 0. The SMILES string of the molecule is O=C(NC(C(=O)O)C1CCCOC1)c1cccc(Cl)c1. The van der Waals surface area contributed by atoms with E-state index in [4.69, 9.17) is 16.3 Å². The number of carbonyl (C=O) groups is 2. The van der Waals surface area contributed by atoms with Crippen LogP contribution >= 0.6 is 11.6 Å². The number of nitrogens with one attached hydrogen (secondary N) is 1. The molecule has 20 heavy (non-hydrogen) atoms. The summed E-state index contributed by atoms with van der Waals surface area (Å²) in [5, 5.41) is 12.3. The minimum atomic E-state index is -1.05. The van der Waals surface area contributed by atoms with E-state index < -0.39 is 17.9 Å². The summed E-state index contributed by atoms with van der Waals surface area (Å²) in [6.45, 7) is 0.998. The van der Waals surface area contributed by atoms with Crippen LogP contribution in [0.2, 0.25) is 5.02 Å². The lowest BCUT2D eigenvalue weighted by Crippen LogP contribution is -2.48. The van der Waals surface area contributed by atoms with Gasteiger partial charge in [-0.3, -0.25) is 4.79 Å². The fraction of sp³-hybridized carbons (Fsp3) is 0.429. The van der Waals surface area contributed by atoms with Gasteiger partial charge < -0.3 is 15.2 Å². The number of ether oxygens (including phenoxy) is 1. The Labute approximate surface area is 121 Å². The molecule has 1 aromatic rings. The number of rotatable bonds is 4. The van der Waals surface area contributed by atoms with Crippen LogP contribution in [0.4, 0.5) is 0 Å². The molecule has 0 bridgehead atoms. The van der Waals surface area contributed by atoms with E-state index in [1.54, 1.807) is 18.2 Å². The largest absolute Gasteiger partial charge is 0.480 e. The maximum Gasteiger partial charge on any atom is 0.326 e. The smallest absolute Gasteiger partial charge is 0.326 e. The van der Waals surface area contributed by atoms with Crippen molar-refractivity contribution in [2.24, 2.45) is 5.92 Å². The van der Waals surface area contributed by atoms with Gasteiger partial charge >= 0.3 is 5.97 Å². The Morgan fingerprint density at radius 1 is 1.45 bits per heavy atom. The first-order valence-electron chi connectivity index (χ1n) is 6.45. The van der Waals surface area contributed by atoms with Crippen molar-refractivity contribution < 1.29 is 19.4 Å². The molecule has 1 aliphatic rings. The minimum Gasteiger partial charge on any atom is -0.480 e. The third kappa shape index (κ3) is 3.71. The second-order valence-electron chi connectivity index (χ2n) is 4.78. The molecule has 1 saturated heterocycles. The van der Waals surface area contributed by atoms with Gasteiger partial charge in [0.1, 0.15) is 6.04 Å². The number of carboxylic acids is 1. The fourth-order valence-electron chi connectivity index (χ4n) is 2.26. The topological polar surface area (TPSA) is 75.6 Å². The second-order valence-corrected chi connectivity index (χ2v) is 5.21. The molecule has 1 aliphatic heterocycles. The normalized spacial score (nSPS) is 20.1. The zero-order valence-electron chi connectivity index (χ0n) is 10.8. The maximum absolute atomic E-state index is 12.1. The predicted molar refractivity (Wildman–Crippen MR) is 73.9 cm³/mol. The Balaban J connectivity index is 2.07. The monoisotopic (exact) mass is 297 g/mol. The molecule has 2 rings (SSSR count). The van der Waals surface area contributed by atoms with Crippen LogP contribution in [0.25, 0.3) is 0 Å². The van der Waals surface area contributed by atoms with E-state index in [1.165, 1.54) is 6.07 Å². The molecule has 6 heteroatoms. The number of hydrogen-bond donors (Lipinski definition) is 2. The molecule has 1 fully saturated rings. The fourth-order valence-corrected chi connectivity index (χ4v) is 2.45. The lowest BCUT2D eigenvalue weighted by atomic mass is 9.93. The third-order valence-corrected chi connectivity index (χ3v) is 3.54. The minimum absolute atomic E-state index is 0.204. The van der Waals surface area contributed by atoms with Crippen molar-refractivity contribution in [2.75, 3.05) is 13.2 Å². The third-order valence-electron chi connectivity index (χ3n) is 3.31. The van der Waals surface area contributed by atoms with Crippen molar-refractivity contribution in [3.63, 3.8) is 0 Å². The van der Waals surface area contributed by atoms with Crippen molar-refractivity contribution in [3.8, 4) is 0 Å². The van der Waals surface area contributed by atoms with E-state index in [0.717, 1.165) is 12.8 Å². The lowest BCUT2D eigenvalue weighted by molar-refractivity contribution is -0.142. The highest BCUT2D eigenvalue weighted by atomic mass is 35.5. The summed E-state index contributed by atoms with van der Waals surface area (Å²) in [6, 6.07) is 5.46. The summed E-state index contributed by atoms with van der Waals surface area (Å²) >= 11 is 5.82. The van der Waals surface area contributed by atoms with Crippen molar-refractivity contribution in [1.29, 1.82) is 0 Å². The van der Waals surface area contributed by atoms with Crippen molar-refractivity contribution >= 4 is 23.5 Å². The molecule has 2 N–H and O–H groups in total. The van der Waals surface area contributed by atoms with Gasteiger partial charge in [0.15, 0.2) is 0 Å². The molecule has 2 unspecified atom stereocenters. The first-order valence-corrected chi connectivity index (χ1v) is 6.82. The molecule has 1 heterocycles. The molecular weight excluding hydrogens is 282 g/mol. The van der Waals surface area contributed by atoms with Crippen LogP contribution in [0.1, 0.15) is 23.2 Å². The lowest BCUT2D eigenvalue weighted by Gasteiger charge is -2.28. The van der Waals surface area contributed by atoms with E-state index in [2.05, 4.69) is 5.32 Å². The zero-order valence-corrected chi connectivity index (χ0v) is 11.6. The van der Waals surface area contributed by atoms with Gasteiger partial charge in [-0.05, 0) is 31.0 Å². The molecule has 108 valence electrons. The van der Waals surface area contributed by atoms with E-state index in [1.807, 2.05) is 0 Å². The standard InChI is InChI=1S/C14H16ClNO4/c15-11-5-1-3-9(7-11)13(17)16-12(14(18)19)10-4-2-6-20-8-10/h1,3,5,7,10,12H,2,4,6,8H2,(H,16,17)(H,18,19). The van der Waals surface area contributed by atoms with Crippen LogP contribution in [0.15, 0.2) is 24.3 Å². The van der Waals surface area contributed by atoms with Gasteiger partial charge in [0.05, 0.1) is 6.61 Å². The van der Waals surface area contributed by atoms with Gasteiger partial charge in [0.2, 0.25) is 0 Å². The molecule has 0 radical (unpaired) electrons. The summed E-state index contributed by atoms with van der Waals surface area (Å²) < 4.78 is 5.28. The molecule has 1 aromatic carbocycles. The highest BCUT2D eigenvalue weighted by Gasteiger charge is 2.31. The Hall–Kier alpha value is -1.59. The van der Waals surface area contributed by atoms with Crippen LogP contribution in [0, 0.1) is 5.92 Å². The van der Waals surface area contributed by atoms with E-state index in [-0.39, 0.29) is 5.92 Å². The zero-order chi connectivity index (χ0) is 14.5. The Bertz CT molecular complexity index is 500. The maximum atomic E-state index is 12.1. The number of amides is 1. The second kappa shape index (κ2) is 6.72.